The molecule has 2 nitrogen and oxygen atoms in total. The van der Waals surface area contributed by atoms with Crippen LogP contribution in [0.4, 0.5) is 0 Å². The molecule has 0 radical (unpaired) electrons. The molecule has 0 saturated carbocycles. The number of nitrogens with zero attached hydrogens (tertiary/aromatic N) is 1. The lowest BCUT2D eigenvalue weighted by Gasteiger charge is -2.13. The highest BCUT2D eigenvalue weighted by molar-refractivity contribution is 5.83. The number of hydrogen-bond donors (Lipinski definition) is 1. The van der Waals surface area contributed by atoms with Crippen molar-refractivity contribution in [1.82, 2.24) is 4.57 Å². The third-order valence-corrected chi connectivity index (χ3v) is 4.06. The third-order valence-electron chi connectivity index (χ3n) is 4.06. The van der Waals surface area contributed by atoms with Crippen molar-refractivity contribution in [2.24, 2.45) is 11.7 Å². The maximum absolute atomic E-state index is 6.15. The van der Waals surface area contributed by atoms with Crippen LogP contribution < -0.4 is 5.73 Å². The number of rotatable bonds is 7. The van der Waals surface area contributed by atoms with E-state index in [-0.39, 0.29) is 6.04 Å². The Morgan fingerprint density at radius 1 is 1.20 bits per heavy atom. The summed E-state index contributed by atoms with van der Waals surface area (Å²) in [5.74, 6) is 0.782. The van der Waals surface area contributed by atoms with E-state index in [2.05, 4.69) is 55.8 Å². The van der Waals surface area contributed by atoms with E-state index < -0.39 is 0 Å². The van der Waals surface area contributed by atoms with Gasteiger partial charge in [0.15, 0.2) is 0 Å². The van der Waals surface area contributed by atoms with Gasteiger partial charge in [-0.25, -0.2) is 0 Å². The molecule has 2 aromatic rings. The van der Waals surface area contributed by atoms with E-state index in [1.807, 2.05) is 0 Å². The van der Waals surface area contributed by atoms with Crippen molar-refractivity contribution in [1.29, 1.82) is 0 Å². The largest absolute Gasteiger partial charge is 0.347 e. The SMILES string of the molecule is CCC(N)Cc1cccc2ccn(CCCC(C)C)c12. The molecule has 0 aliphatic carbocycles. The van der Waals surface area contributed by atoms with Gasteiger partial charge >= 0.3 is 0 Å². The quantitative estimate of drug-likeness (QED) is 0.798. The van der Waals surface area contributed by atoms with Crippen LogP contribution in [0.5, 0.6) is 0 Å². The van der Waals surface area contributed by atoms with Crippen molar-refractivity contribution in [2.75, 3.05) is 0 Å². The Balaban J connectivity index is 2.22. The lowest BCUT2D eigenvalue weighted by atomic mass is 10.0. The average molecular weight is 272 g/mol. The Morgan fingerprint density at radius 2 is 2.00 bits per heavy atom. The van der Waals surface area contributed by atoms with Crippen LogP contribution in [0, 0.1) is 5.92 Å². The number of aromatic nitrogens is 1. The molecule has 20 heavy (non-hydrogen) atoms. The van der Waals surface area contributed by atoms with Gasteiger partial charge < -0.3 is 10.3 Å². The summed E-state index contributed by atoms with van der Waals surface area (Å²) in [4.78, 5) is 0. The first-order chi connectivity index (χ1) is 9.61. The van der Waals surface area contributed by atoms with E-state index in [9.17, 15) is 0 Å². The maximum atomic E-state index is 6.15. The highest BCUT2D eigenvalue weighted by Crippen LogP contribution is 2.22. The van der Waals surface area contributed by atoms with Gasteiger partial charge in [-0.05, 0) is 48.6 Å². The fraction of sp³-hybridized carbons (Fsp3) is 0.556. The zero-order valence-corrected chi connectivity index (χ0v) is 13.1. The van der Waals surface area contributed by atoms with Crippen LogP contribution in [0.2, 0.25) is 0 Å². The molecule has 0 saturated heterocycles. The predicted molar refractivity (Wildman–Crippen MR) is 88.0 cm³/mol. The summed E-state index contributed by atoms with van der Waals surface area (Å²) in [6.07, 6.45) is 6.77. The lowest BCUT2D eigenvalue weighted by molar-refractivity contribution is 0.517. The molecule has 0 fully saturated rings. The van der Waals surface area contributed by atoms with Crippen LogP contribution in [0.3, 0.4) is 0 Å². The van der Waals surface area contributed by atoms with Gasteiger partial charge in [0.2, 0.25) is 0 Å². The van der Waals surface area contributed by atoms with Gasteiger partial charge in [-0.3, -0.25) is 0 Å². The van der Waals surface area contributed by atoms with Crippen molar-refractivity contribution in [3.05, 3.63) is 36.0 Å². The lowest BCUT2D eigenvalue weighted by Crippen LogP contribution is -2.21. The summed E-state index contributed by atoms with van der Waals surface area (Å²) >= 11 is 0. The third kappa shape index (κ3) is 3.63. The zero-order chi connectivity index (χ0) is 14.5. The highest BCUT2D eigenvalue weighted by Gasteiger charge is 2.09. The summed E-state index contributed by atoms with van der Waals surface area (Å²) < 4.78 is 2.41. The Kier molecular flexibility index (Phi) is 5.24. The number of para-hydroxylation sites is 1. The Labute approximate surface area is 123 Å². The molecule has 0 amide bonds. The molecule has 0 aliphatic rings. The van der Waals surface area contributed by atoms with Crippen LogP contribution in [-0.2, 0) is 13.0 Å². The first kappa shape index (κ1) is 15.1. The van der Waals surface area contributed by atoms with Crippen molar-refractivity contribution < 1.29 is 0 Å². The predicted octanol–water partition coefficient (Wildman–Crippen LogP) is 4.36. The molecule has 2 N–H and O–H groups in total. The van der Waals surface area contributed by atoms with Gasteiger partial charge in [-0.15, -0.1) is 0 Å². The second kappa shape index (κ2) is 6.94. The fourth-order valence-corrected chi connectivity index (χ4v) is 2.79. The molecule has 0 spiro atoms. The molecule has 1 atom stereocenters. The van der Waals surface area contributed by atoms with Crippen molar-refractivity contribution in [2.45, 2.75) is 59.0 Å². The van der Waals surface area contributed by atoms with E-state index >= 15 is 0 Å². The minimum absolute atomic E-state index is 0.264. The molecule has 1 aromatic heterocycles. The second-order valence-corrected chi connectivity index (χ2v) is 6.27. The minimum atomic E-state index is 0.264. The Bertz CT molecular complexity index is 539. The smallest absolute Gasteiger partial charge is 0.0513 e. The first-order valence-corrected chi connectivity index (χ1v) is 7.94. The summed E-state index contributed by atoms with van der Waals surface area (Å²) in [5.41, 5.74) is 8.93. The summed E-state index contributed by atoms with van der Waals surface area (Å²) in [6.45, 7) is 7.85. The summed E-state index contributed by atoms with van der Waals surface area (Å²) in [5, 5.41) is 1.34. The van der Waals surface area contributed by atoms with Crippen LogP contribution in [-0.4, -0.2) is 10.6 Å². The van der Waals surface area contributed by atoms with Crippen molar-refractivity contribution in [3.8, 4) is 0 Å². The zero-order valence-electron chi connectivity index (χ0n) is 13.1. The Morgan fingerprint density at radius 3 is 2.70 bits per heavy atom. The first-order valence-electron chi connectivity index (χ1n) is 7.94. The van der Waals surface area contributed by atoms with Gasteiger partial charge in [0.05, 0.1) is 5.52 Å². The topological polar surface area (TPSA) is 30.9 Å². The van der Waals surface area contributed by atoms with Gasteiger partial charge in [0.1, 0.15) is 0 Å². The van der Waals surface area contributed by atoms with Gasteiger partial charge in [-0.1, -0.05) is 39.0 Å². The number of aryl methyl sites for hydroxylation is 1. The summed E-state index contributed by atoms with van der Waals surface area (Å²) in [7, 11) is 0. The molecule has 1 unspecified atom stereocenters. The van der Waals surface area contributed by atoms with Gasteiger partial charge in [0.25, 0.3) is 0 Å². The molecule has 0 aliphatic heterocycles. The molecular weight excluding hydrogens is 244 g/mol. The van der Waals surface area contributed by atoms with E-state index in [1.54, 1.807) is 0 Å². The van der Waals surface area contributed by atoms with E-state index in [4.69, 9.17) is 5.73 Å². The number of benzene rings is 1. The van der Waals surface area contributed by atoms with Crippen molar-refractivity contribution >= 4 is 10.9 Å². The number of nitrogens with two attached hydrogens (primary N) is 1. The van der Waals surface area contributed by atoms with Crippen LogP contribution in [0.15, 0.2) is 30.5 Å². The minimum Gasteiger partial charge on any atom is -0.347 e. The van der Waals surface area contributed by atoms with E-state index in [0.29, 0.717) is 0 Å². The average Bonchev–Trinajstić information content (AvgIpc) is 2.83. The van der Waals surface area contributed by atoms with E-state index in [0.717, 1.165) is 25.3 Å². The highest BCUT2D eigenvalue weighted by atomic mass is 15.0. The van der Waals surface area contributed by atoms with Crippen LogP contribution in [0.25, 0.3) is 10.9 Å². The van der Waals surface area contributed by atoms with Crippen molar-refractivity contribution in [3.63, 3.8) is 0 Å². The molecule has 1 aromatic carbocycles. The number of hydrogen-bond acceptors (Lipinski definition) is 1. The number of fused-ring (bicyclic) bond motifs is 1. The standard InChI is InChI=1S/C18H28N2/c1-4-17(19)13-16-9-5-8-15-10-12-20(18(15)16)11-6-7-14(2)3/h5,8-10,12,14,17H,4,6-7,11,13,19H2,1-3H3. The fourth-order valence-electron chi connectivity index (χ4n) is 2.79. The second-order valence-electron chi connectivity index (χ2n) is 6.27. The molecule has 110 valence electrons. The molecule has 1 heterocycles. The molecule has 2 rings (SSSR count). The van der Waals surface area contributed by atoms with Crippen LogP contribution >= 0.6 is 0 Å². The normalized spacial score (nSPS) is 13.2. The molecular formula is C18H28N2. The summed E-state index contributed by atoms with van der Waals surface area (Å²) in [6, 6.07) is 9.08. The Hall–Kier alpha value is -1.28. The maximum Gasteiger partial charge on any atom is 0.0513 e. The van der Waals surface area contributed by atoms with Gasteiger partial charge in [-0.2, -0.15) is 0 Å². The van der Waals surface area contributed by atoms with Crippen LogP contribution in [0.1, 0.15) is 45.6 Å². The van der Waals surface area contributed by atoms with E-state index in [1.165, 1.54) is 29.3 Å². The molecule has 0 bridgehead atoms. The van der Waals surface area contributed by atoms with Gasteiger partial charge in [0, 0.05) is 18.8 Å². The monoisotopic (exact) mass is 272 g/mol. The molecule has 2 heteroatoms.